The Bertz CT molecular complexity index is 1700. The molecule has 2 N–H and O–H groups in total. The van der Waals surface area contributed by atoms with Crippen LogP contribution in [-0.2, 0) is 24.8 Å². The van der Waals surface area contributed by atoms with Gasteiger partial charge in [0.1, 0.15) is 16.9 Å². The molecule has 10 heteroatoms. The molecule has 1 unspecified atom stereocenters. The number of nitrogens with zero attached hydrogens (tertiary/aromatic N) is 5. The van der Waals surface area contributed by atoms with E-state index in [4.69, 9.17) is 21.9 Å². The zero-order valence-electron chi connectivity index (χ0n) is 23.2. The molecule has 0 saturated heterocycles. The van der Waals surface area contributed by atoms with Gasteiger partial charge < -0.3 is 29.4 Å². The summed E-state index contributed by atoms with van der Waals surface area (Å²) in [4.78, 5) is 25.6. The van der Waals surface area contributed by atoms with Gasteiger partial charge in [-0.3, -0.25) is 4.79 Å². The van der Waals surface area contributed by atoms with Crippen molar-refractivity contribution in [1.82, 2.24) is 29.3 Å². The van der Waals surface area contributed by atoms with Crippen molar-refractivity contribution in [3.8, 4) is 0 Å². The highest BCUT2D eigenvalue weighted by Crippen LogP contribution is 2.39. The average Bonchev–Trinajstić information content (AvgIpc) is 3.91. The number of anilines is 1. The summed E-state index contributed by atoms with van der Waals surface area (Å²) in [5.41, 5.74) is 5.29. The van der Waals surface area contributed by atoms with Crippen LogP contribution in [0.15, 0.2) is 66.7 Å². The molecule has 3 aliphatic rings. The lowest BCUT2D eigenvalue weighted by molar-refractivity contribution is 0.0719. The molecule has 1 amide bonds. The van der Waals surface area contributed by atoms with Crippen LogP contribution in [0.4, 0.5) is 5.82 Å². The van der Waals surface area contributed by atoms with Crippen LogP contribution < -0.4 is 10.6 Å². The summed E-state index contributed by atoms with van der Waals surface area (Å²) >= 11 is 5.74. The number of hydrogen-bond acceptors (Lipinski definition) is 5. The fourth-order valence-electron chi connectivity index (χ4n) is 5.80. The molecule has 0 radical (unpaired) electrons. The second kappa shape index (κ2) is 10.3. The van der Waals surface area contributed by atoms with Gasteiger partial charge in [0.25, 0.3) is 5.91 Å². The summed E-state index contributed by atoms with van der Waals surface area (Å²) in [7, 11) is 1.96. The molecule has 2 aliphatic carbocycles. The number of carbonyl (C=O) groups is 1. The van der Waals surface area contributed by atoms with Crippen LogP contribution in [0.1, 0.15) is 48.7 Å². The molecule has 7 rings (SSSR count). The van der Waals surface area contributed by atoms with Crippen molar-refractivity contribution in [1.29, 1.82) is 0 Å². The molecule has 2 fully saturated rings. The van der Waals surface area contributed by atoms with Crippen LogP contribution in [0.3, 0.4) is 0 Å². The number of aromatic nitrogens is 4. The lowest BCUT2D eigenvalue weighted by atomic mass is 10.0. The summed E-state index contributed by atoms with van der Waals surface area (Å²) in [6.07, 6.45) is 12.1. The number of hydrogen-bond donors (Lipinski definition) is 2. The monoisotopic (exact) mass is 567 g/mol. The molecular weight excluding hydrogens is 534 g/mol. The first-order chi connectivity index (χ1) is 20.0. The lowest BCUT2D eigenvalue weighted by Crippen LogP contribution is -2.41. The zero-order chi connectivity index (χ0) is 28.1. The Morgan fingerprint density at radius 1 is 1.17 bits per heavy atom. The molecular formula is C31H33N7O2S. The van der Waals surface area contributed by atoms with Gasteiger partial charge in [0.15, 0.2) is 17.2 Å². The van der Waals surface area contributed by atoms with E-state index in [1.54, 1.807) is 12.6 Å². The molecule has 3 aromatic heterocycles. The van der Waals surface area contributed by atoms with Crippen LogP contribution in [0.25, 0.3) is 22.1 Å². The van der Waals surface area contributed by atoms with Crippen LogP contribution in [0.2, 0.25) is 0 Å². The van der Waals surface area contributed by atoms with Crippen molar-refractivity contribution in [3.05, 3.63) is 78.0 Å². The number of aryl methyl sites for hydroxylation is 2. The molecule has 2 saturated carbocycles. The Balaban J connectivity index is 1.19. The van der Waals surface area contributed by atoms with Crippen LogP contribution in [-0.4, -0.2) is 53.3 Å². The van der Waals surface area contributed by atoms with E-state index >= 15 is 0 Å². The minimum absolute atomic E-state index is 0.108. The van der Waals surface area contributed by atoms with Crippen molar-refractivity contribution in [3.63, 3.8) is 0 Å². The van der Waals surface area contributed by atoms with E-state index in [0.29, 0.717) is 40.8 Å². The maximum Gasteiger partial charge on any atom is 0.271 e. The largest absolute Gasteiger partial charge is 0.474 e. The Morgan fingerprint density at radius 2 is 1.93 bits per heavy atom. The highest BCUT2D eigenvalue weighted by Gasteiger charge is 2.43. The van der Waals surface area contributed by atoms with Crippen molar-refractivity contribution >= 4 is 51.1 Å². The smallest absolute Gasteiger partial charge is 0.271 e. The number of pyridine rings is 1. The van der Waals surface area contributed by atoms with E-state index in [1.165, 1.54) is 5.56 Å². The van der Waals surface area contributed by atoms with E-state index in [1.807, 2.05) is 46.5 Å². The van der Waals surface area contributed by atoms with Crippen molar-refractivity contribution < 1.29 is 9.53 Å². The molecule has 1 aliphatic heterocycles. The second-order valence-corrected chi connectivity index (χ2v) is 11.5. The third kappa shape index (κ3) is 4.86. The predicted molar refractivity (Wildman–Crippen MR) is 163 cm³/mol. The maximum absolute atomic E-state index is 13.8. The van der Waals surface area contributed by atoms with E-state index in [0.717, 1.165) is 54.2 Å². The van der Waals surface area contributed by atoms with Gasteiger partial charge in [0.2, 0.25) is 0 Å². The van der Waals surface area contributed by atoms with Gasteiger partial charge in [0, 0.05) is 31.1 Å². The zero-order valence-corrected chi connectivity index (χ0v) is 24.0. The number of ether oxygens (including phenoxy) is 1. The molecule has 0 spiro atoms. The number of allylic oxidation sites excluding steroid dienone is 2. The van der Waals surface area contributed by atoms with Gasteiger partial charge in [0.05, 0.1) is 18.1 Å². The molecule has 0 bridgehead atoms. The number of imidazole rings is 1. The van der Waals surface area contributed by atoms with Crippen LogP contribution in [0, 0.1) is 0 Å². The predicted octanol–water partition coefficient (Wildman–Crippen LogP) is 5.04. The minimum Gasteiger partial charge on any atom is -0.474 e. The number of rotatable bonds is 8. The molecule has 4 aromatic rings. The standard InChI is InChI=1S/C31H33N7O2S/c1-3-37-24(30(39)38(21-11-12-21)22-13-14-22)17-23-26-25(32-18-36(26)2)27(33-28(23)37)34-31(41)35-29-20(10-7-15-40-29)16-19-8-5-4-6-9-19/h4-10,15,17-18,21-22,29H,3,11-14,16H2,1-2H3,(H2,33,34,35,41). The third-order valence-electron chi connectivity index (χ3n) is 8.04. The number of benzene rings is 1. The summed E-state index contributed by atoms with van der Waals surface area (Å²) < 4.78 is 9.90. The molecule has 9 nitrogen and oxygen atoms in total. The Morgan fingerprint density at radius 3 is 2.63 bits per heavy atom. The highest BCUT2D eigenvalue weighted by molar-refractivity contribution is 7.80. The first-order valence-electron chi connectivity index (χ1n) is 14.3. The minimum atomic E-state index is -0.414. The number of fused-ring (bicyclic) bond motifs is 3. The molecule has 4 heterocycles. The number of nitrogens with one attached hydrogen (secondary N) is 2. The number of thiocarbonyl (C=S) groups is 1. The molecule has 41 heavy (non-hydrogen) atoms. The number of amides is 1. The van der Waals surface area contributed by atoms with Crippen LogP contribution in [0.5, 0.6) is 0 Å². The molecule has 210 valence electrons. The van der Waals surface area contributed by atoms with E-state index in [9.17, 15) is 4.79 Å². The summed E-state index contributed by atoms with van der Waals surface area (Å²) in [6, 6.07) is 13.0. The third-order valence-corrected chi connectivity index (χ3v) is 8.26. The summed E-state index contributed by atoms with van der Waals surface area (Å²) in [5.74, 6) is 0.649. The Labute approximate surface area is 243 Å². The van der Waals surface area contributed by atoms with Crippen molar-refractivity contribution in [2.45, 2.75) is 63.9 Å². The SMILES string of the molecule is CCn1c(C(=O)N(C2CC2)C2CC2)cc2c3c(ncn3C)c(NC(=S)NC3OC=CC=C3Cc3ccccc3)nc21. The first kappa shape index (κ1) is 25.8. The topological polar surface area (TPSA) is 89.2 Å². The van der Waals surface area contributed by atoms with E-state index < -0.39 is 6.23 Å². The Kier molecular flexibility index (Phi) is 6.50. The fraction of sp³-hybridized carbons (Fsp3) is 0.355. The normalized spacial score (nSPS) is 18.3. The second-order valence-electron chi connectivity index (χ2n) is 11.0. The quantitative estimate of drug-likeness (QED) is 0.289. The van der Waals surface area contributed by atoms with Crippen molar-refractivity contribution in [2.24, 2.45) is 7.05 Å². The van der Waals surface area contributed by atoms with Gasteiger partial charge in [-0.05, 0) is 74.5 Å². The summed E-state index contributed by atoms with van der Waals surface area (Å²) in [6.45, 7) is 2.68. The van der Waals surface area contributed by atoms with Crippen LogP contribution >= 0.6 is 12.2 Å². The summed E-state index contributed by atoms with van der Waals surface area (Å²) in [5, 5.41) is 7.87. The van der Waals surface area contributed by atoms with Gasteiger partial charge in [-0.2, -0.15) is 0 Å². The Hall–Kier alpha value is -4.18. The maximum atomic E-state index is 13.8. The van der Waals surface area contributed by atoms with Crippen molar-refractivity contribution in [2.75, 3.05) is 5.32 Å². The lowest BCUT2D eigenvalue weighted by Gasteiger charge is -2.25. The average molecular weight is 568 g/mol. The highest BCUT2D eigenvalue weighted by atomic mass is 32.1. The fourth-order valence-corrected chi connectivity index (χ4v) is 6.00. The van der Waals surface area contributed by atoms with Gasteiger partial charge in [-0.1, -0.05) is 36.4 Å². The number of carbonyl (C=O) groups excluding carboxylic acids is 1. The first-order valence-corrected chi connectivity index (χ1v) is 14.7. The van der Waals surface area contributed by atoms with E-state index in [-0.39, 0.29) is 5.91 Å². The van der Waals surface area contributed by atoms with Gasteiger partial charge in [-0.25, -0.2) is 9.97 Å². The van der Waals surface area contributed by atoms with Gasteiger partial charge in [-0.15, -0.1) is 0 Å². The molecule has 1 aromatic carbocycles. The van der Waals surface area contributed by atoms with Gasteiger partial charge >= 0.3 is 0 Å². The molecule has 1 atom stereocenters. The van der Waals surface area contributed by atoms with E-state index in [2.05, 4.69) is 45.6 Å².